The van der Waals surface area contributed by atoms with E-state index in [1.165, 1.54) is 6.42 Å². The quantitative estimate of drug-likeness (QED) is 0.720. The van der Waals surface area contributed by atoms with Gasteiger partial charge in [0.05, 0.1) is 5.56 Å². The molecule has 0 N–H and O–H groups in total. The summed E-state index contributed by atoms with van der Waals surface area (Å²) in [4.78, 5) is 18.3. The second kappa shape index (κ2) is 5.05. The van der Waals surface area contributed by atoms with Crippen molar-refractivity contribution in [3.05, 3.63) is 29.0 Å². The lowest BCUT2D eigenvalue weighted by Gasteiger charge is -2.39. The number of nitrogens with zero attached hydrogens (tertiary/aromatic N) is 2. The smallest absolute Gasteiger partial charge is 0.257 e. The Bertz CT molecular complexity index is 412. The summed E-state index contributed by atoms with van der Waals surface area (Å²) in [6, 6.07) is 4.05. The molecule has 17 heavy (non-hydrogen) atoms. The molecule has 2 heterocycles. The molecule has 1 aliphatic heterocycles. The van der Waals surface area contributed by atoms with Gasteiger partial charge in [0.2, 0.25) is 0 Å². The molecule has 1 saturated heterocycles. The van der Waals surface area contributed by atoms with Gasteiger partial charge < -0.3 is 4.90 Å². The summed E-state index contributed by atoms with van der Waals surface area (Å²) in [5.41, 5.74) is 0.509. The van der Waals surface area contributed by atoms with Crippen molar-refractivity contribution in [2.24, 2.45) is 0 Å². The maximum atomic E-state index is 12.4. The van der Waals surface area contributed by atoms with E-state index in [-0.39, 0.29) is 18.0 Å². The van der Waals surface area contributed by atoms with Crippen LogP contribution in [0.4, 0.5) is 0 Å². The van der Waals surface area contributed by atoms with Crippen molar-refractivity contribution >= 4 is 17.5 Å². The Morgan fingerprint density at radius 2 is 2.06 bits per heavy atom. The number of hydrogen-bond donors (Lipinski definition) is 0. The zero-order chi connectivity index (χ0) is 12.4. The van der Waals surface area contributed by atoms with Gasteiger partial charge in [-0.05, 0) is 45.2 Å². The molecule has 1 aromatic heterocycles. The Kier molecular flexibility index (Phi) is 3.67. The van der Waals surface area contributed by atoms with Crippen LogP contribution in [0.3, 0.4) is 0 Å². The van der Waals surface area contributed by atoms with Crippen molar-refractivity contribution < 1.29 is 4.79 Å². The molecule has 1 amide bonds. The highest BCUT2D eigenvalue weighted by atomic mass is 35.5. The predicted molar refractivity (Wildman–Crippen MR) is 68.2 cm³/mol. The molecule has 0 bridgehead atoms. The number of halogens is 1. The van der Waals surface area contributed by atoms with Gasteiger partial charge in [-0.1, -0.05) is 11.6 Å². The van der Waals surface area contributed by atoms with Crippen molar-refractivity contribution in [3.63, 3.8) is 0 Å². The highest BCUT2D eigenvalue weighted by molar-refractivity contribution is 6.32. The predicted octanol–water partition coefficient (Wildman–Crippen LogP) is 3.14. The molecule has 1 fully saturated rings. The Balaban J connectivity index is 2.27. The van der Waals surface area contributed by atoms with E-state index in [0.717, 1.165) is 12.8 Å². The van der Waals surface area contributed by atoms with Crippen molar-refractivity contribution in [1.29, 1.82) is 0 Å². The molecule has 3 nitrogen and oxygen atoms in total. The first-order chi connectivity index (χ1) is 8.11. The van der Waals surface area contributed by atoms with E-state index in [9.17, 15) is 4.79 Å². The minimum Gasteiger partial charge on any atom is -0.333 e. The van der Waals surface area contributed by atoms with Crippen LogP contribution in [-0.4, -0.2) is 27.9 Å². The fourth-order valence-electron chi connectivity index (χ4n) is 2.51. The first kappa shape index (κ1) is 12.4. The van der Waals surface area contributed by atoms with Crippen molar-refractivity contribution in [2.75, 3.05) is 0 Å². The SMILES string of the molecule is CC1CCCC(C)N1C(=O)c1cccnc1Cl. The molecule has 0 aliphatic carbocycles. The molecule has 2 rings (SSSR count). The standard InChI is InChI=1S/C13H17ClN2O/c1-9-5-3-6-10(2)16(9)13(17)11-7-4-8-15-12(11)14/h4,7-10H,3,5-6H2,1-2H3. The van der Waals surface area contributed by atoms with Crippen molar-refractivity contribution in [3.8, 4) is 0 Å². The normalized spacial score (nSPS) is 24.8. The molecule has 1 aromatic rings. The summed E-state index contributed by atoms with van der Waals surface area (Å²) in [6.45, 7) is 4.19. The fourth-order valence-corrected chi connectivity index (χ4v) is 2.71. The average Bonchev–Trinajstić information content (AvgIpc) is 2.29. The third-order valence-corrected chi connectivity index (χ3v) is 3.72. The van der Waals surface area contributed by atoms with E-state index in [0.29, 0.717) is 10.7 Å². The highest BCUT2D eigenvalue weighted by Crippen LogP contribution is 2.26. The van der Waals surface area contributed by atoms with Crippen LogP contribution in [-0.2, 0) is 0 Å². The van der Waals surface area contributed by atoms with Crippen molar-refractivity contribution in [2.45, 2.75) is 45.2 Å². The van der Waals surface area contributed by atoms with Gasteiger partial charge in [-0.3, -0.25) is 4.79 Å². The maximum Gasteiger partial charge on any atom is 0.257 e. The number of hydrogen-bond acceptors (Lipinski definition) is 2. The number of rotatable bonds is 1. The molecular weight excluding hydrogens is 236 g/mol. The number of pyridine rings is 1. The van der Waals surface area contributed by atoms with Gasteiger partial charge in [0.15, 0.2) is 0 Å². The molecule has 0 saturated carbocycles. The molecule has 2 unspecified atom stereocenters. The van der Waals surface area contributed by atoms with E-state index in [4.69, 9.17) is 11.6 Å². The summed E-state index contributed by atoms with van der Waals surface area (Å²) >= 11 is 5.98. The minimum absolute atomic E-state index is 0.00259. The van der Waals surface area contributed by atoms with Gasteiger partial charge in [-0.2, -0.15) is 0 Å². The van der Waals surface area contributed by atoms with Gasteiger partial charge in [0, 0.05) is 18.3 Å². The number of likely N-dealkylation sites (tertiary alicyclic amines) is 1. The topological polar surface area (TPSA) is 33.2 Å². The molecule has 1 aliphatic rings. The lowest BCUT2D eigenvalue weighted by Crippen LogP contribution is -2.47. The first-order valence-corrected chi connectivity index (χ1v) is 6.42. The highest BCUT2D eigenvalue weighted by Gasteiger charge is 2.30. The zero-order valence-corrected chi connectivity index (χ0v) is 10.9. The van der Waals surface area contributed by atoms with E-state index in [1.54, 1.807) is 18.3 Å². The van der Waals surface area contributed by atoms with Crippen LogP contribution in [0.15, 0.2) is 18.3 Å². The molecule has 92 valence electrons. The van der Waals surface area contributed by atoms with E-state index >= 15 is 0 Å². The summed E-state index contributed by atoms with van der Waals surface area (Å²) in [7, 11) is 0. The van der Waals surface area contributed by atoms with Crippen LogP contribution in [0.25, 0.3) is 0 Å². The van der Waals surface area contributed by atoms with Crippen LogP contribution >= 0.6 is 11.6 Å². The van der Waals surface area contributed by atoms with Crippen molar-refractivity contribution in [1.82, 2.24) is 9.88 Å². The third-order valence-electron chi connectivity index (χ3n) is 3.42. The summed E-state index contributed by atoms with van der Waals surface area (Å²) in [5.74, 6) is 0.00259. The van der Waals surface area contributed by atoms with Crippen LogP contribution < -0.4 is 0 Å². The number of aromatic nitrogens is 1. The number of carbonyl (C=O) groups excluding carboxylic acids is 1. The monoisotopic (exact) mass is 252 g/mol. The fraction of sp³-hybridized carbons (Fsp3) is 0.538. The lowest BCUT2D eigenvalue weighted by atomic mass is 9.96. The summed E-state index contributed by atoms with van der Waals surface area (Å²) in [5, 5.41) is 0.294. The Morgan fingerprint density at radius 3 is 2.65 bits per heavy atom. The molecule has 0 radical (unpaired) electrons. The van der Waals surface area contributed by atoms with Gasteiger partial charge in [-0.15, -0.1) is 0 Å². The number of carbonyl (C=O) groups is 1. The van der Waals surface area contributed by atoms with Crippen LogP contribution in [0.1, 0.15) is 43.5 Å². The Morgan fingerprint density at radius 1 is 1.41 bits per heavy atom. The van der Waals surface area contributed by atoms with E-state index < -0.39 is 0 Å². The number of amides is 1. The largest absolute Gasteiger partial charge is 0.333 e. The minimum atomic E-state index is 0.00259. The van der Waals surface area contributed by atoms with Gasteiger partial charge >= 0.3 is 0 Å². The van der Waals surface area contributed by atoms with Crippen LogP contribution in [0, 0.1) is 0 Å². The molecule has 0 aromatic carbocycles. The Hall–Kier alpha value is -1.09. The van der Waals surface area contributed by atoms with Gasteiger partial charge in [0.1, 0.15) is 5.15 Å². The van der Waals surface area contributed by atoms with Gasteiger partial charge in [0.25, 0.3) is 5.91 Å². The zero-order valence-electron chi connectivity index (χ0n) is 10.2. The molecule has 2 atom stereocenters. The lowest BCUT2D eigenvalue weighted by molar-refractivity contribution is 0.0510. The van der Waals surface area contributed by atoms with E-state index in [2.05, 4.69) is 18.8 Å². The molecule has 0 spiro atoms. The maximum absolute atomic E-state index is 12.4. The summed E-state index contributed by atoms with van der Waals surface area (Å²) < 4.78 is 0. The molecular formula is C13H17ClN2O. The third kappa shape index (κ3) is 2.44. The molecule has 4 heteroatoms. The summed E-state index contributed by atoms with van der Waals surface area (Å²) in [6.07, 6.45) is 4.91. The van der Waals surface area contributed by atoms with Crippen LogP contribution in [0.5, 0.6) is 0 Å². The average molecular weight is 253 g/mol. The second-order valence-electron chi connectivity index (χ2n) is 4.68. The number of piperidine rings is 1. The van der Waals surface area contributed by atoms with Gasteiger partial charge in [-0.25, -0.2) is 4.98 Å². The van der Waals surface area contributed by atoms with E-state index in [1.807, 2.05) is 4.90 Å². The second-order valence-corrected chi connectivity index (χ2v) is 5.04. The first-order valence-electron chi connectivity index (χ1n) is 6.04. The van der Waals surface area contributed by atoms with Crippen LogP contribution in [0.2, 0.25) is 5.15 Å². The Labute approximate surface area is 107 Å².